The van der Waals surface area contributed by atoms with Crippen molar-refractivity contribution >= 4 is 28.4 Å². The summed E-state index contributed by atoms with van der Waals surface area (Å²) in [6.07, 6.45) is 0. The second kappa shape index (κ2) is 5.76. The minimum absolute atomic E-state index is 0.511. The van der Waals surface area contributed by atoms with Crippen molar-refractivity contribution in [3.63, 3.8) is 0 Å². The first-order valence-electron chi connectivity index (χ1n) is 7.88. The summed E-state index contributed by atoms with van der Waals surface area (Å²) in [6.45, 7) is 3.70. The lowest BCUT2D eigenvalue weighted by Gasteiger charge is -2.37. The third-order valence-electron chi connectivity index (χ3n) is 4.28. The Hall–Kier alpha value is -2.82. The van der Waals surface area contributed by atoms with Crippen LogP contribution in [0.1, 0.15) is 0 Å². The van der Waals surface area contributed by atoms with Gasteiger partial charge in [-0.15, -0.1) is 0 Å². The Morgan fingerprint density at radius 2 is 1.26 bits per heavy atom. The molecule has 116 valence electrons. The number of nitrogens with two attached hydrogens (primary N) is 1. The molecule has 0 saturated carbocycles. The van der Waals surface area contributed by atoms with Gasteiger partial charge in [0.1, 0.15) is 0 Å². The Labute approximate surface area is 135 Å². The number of piperazine rings is 1. The maximum atomic E-state index is 6.13. The Morgan fingerprint density at radius 1 is 0.696 bits per heavy atom. The lowest BCUT2D eigenvalue weighted by Crippen LogP contribution is -2.47. The highest BCUT2D eigenvalue weighted by atomic mass is 15.3. The number of hydrogen-bond acceptors (Lipinski definition) is 5. The molecule has 0 bridgehead atoms. The SMILES string of the molecule is Nc1nc2ccccc2nc1N1CCN(c2ccccc2)CC1. The van der Waals surface area contributed by atoms with Crippen LogP contribution in [0.25, 0.3) is 11.0 Å². The van der Waals surface area contributed by atoms with Gasteiger partial charge in [-0.1, -0.05) is 30.3 Å². The van der Waals surface area contributed by atoms with Crippen LogP contribution in [-0.2, 0) is 0 Å². The van der Waals surface area contributed by atoms with Gasteiger partial charge in [0.25, 0.3) is 0 Å². The van der Waals surface area contributed by atoms with Gasteiger partial charge >= 0.3 is 0 Å². The van der Waals surface area contributed by atoms with Gasteiger partial charge < -0.3 is 15.5 Å². The summed E-state index contributed by atoms with van der Waals surface area (Å²) in [5.74, 6) is 1.31. The maximum absolute atomic E-state index is 6.13. The fourth-order valence-corrected chi connectivity index (χ4v) is 3.05. The van der Waals surface area contributed by atoms with Crippen LogP contribution >= 0.6 is 0 Å². The van der Waals surface area contributed by atoms with E-state index in [-0.39, 0.29) is 0 Å². The molecule has 0 aliphatic carbocycles. The zero-order chi connectivity index (χ0) is 15.6. The molecule has 2 aromatic carbocycles. The molecule has 5 heteroatoms. The van der Waals surface area contributed by atoms with Crippen molar-refractivity contribution in [1.82, 2.24) is 9.97 Å². The van der Waals surface area contributed by atoms with E-state index in [1.807, 2.05) is 30.3 Å². The third-order valence-corrected chi connectivity index (χ3v) is 4.28. The van der Waals surface area contributed by atoms with Crippen molar-refractivity contribution in [3.05, 3.63) is 54.6 Å². The summed E-state index contributed by atoms with van der Waals surface area (Å²) in [4.78, 5) is 13.8. The van der Waals surface area contributed by atoms with Gasteiger partial charge in [-0.3, -0.25) is 0 Å². The summed E-state index contributed by atoms with van der Waals surface area (Å²) in [5.41, 5.74) is 9.14. The number of hydrogen-bond donors (Lipinski definition) is 1. The molecule has 1 fully saturated rings. The Kier molecular flexibility index (Phi) is 3.46. The number of fused-ring (bicyclic) bond motifs is 1. The van der Waals surface area contributed by atoms with Crippen molar-refractivity contribution < 1.29 is 0 Å². The topological polar surface area (TPSA) is 58.3 Å². The van der Waals surface area contributed by atoms with E-state index in [9.17, 15) is 0 Å². The molecule has 0 unspecified atom stereocenters. The van der Waals surface area contributed by atoms with Crippen molar-refractivity contribution in [2.24, 2.45) is 0 Å². The van der Waals surface area contributed by atoms with Crippen LogP contribution in [0.5, 0.6) is 0 Å². The molecule has 0 atom stereocenters. The molecular weight excluding hydrogens is 286 g/mol. The van der Waals surface area contributed by atoms with Crippen LogP contribution in [0, 0.1) is 0 Å². The Bertz CT molecular complexity index is 810. The number of anilines is 3. The molecule has 5 nitrogen and oxygen atoms in total. The summed E-state index contributed by atoms with van der Waals surface area (Å²) in [5, 5.41) is 0. The average molecular weight is 305 g/mol. The molecule has 2 N–H and O–H groups in total. The largest absolute Gasteiger partial charge is 0.381 e. The van der Waals surface area contributed by atoms with Gasteiger partial charge in [0.15, 0.2) is 11.6 Å². The first kappa shape index (κ1) is 13.8. The van der Waals surface area contributed by atoms with E-state index in [4.69, 9.17) is 10.7 Å². The van der Waals surface area contributed by atoms with Gasteiger partial charge in [0, 0.05) is 31.9 Å². The molecule has 0 spiro atoms. The normalized spacial score (nSPS) is 15.1. The van der Waals surface area contributed by atoms with E-state index in [1.165, 1.54) is 5.69 Å². The van der Waals surface area contributed by atoms with Crippen LogP contribution in [0.3, 0.4) is 0 Å². The highest BCUT2D eigenvalue weighted by Crippen LogP contribution is 2.24. The van der Waals surface area contributed by atoms with Gasteiger partial charge in [-0.05, 0) is 24.3 Å². The second-order valence-corrected chi connectivity index (χ2v) is 5.73. The first-order chi connectivity index (χ1) is 11.3. The van der Waals surface area contributed by atoms with E-state index >= 15 is 0 Å². The number of benzene rings is 2. The van der Waals surface area contributed by atoms with Crippen LogP contribution in [0.4, 0.5) is 17.3 Å². The van der Waals surface area contributed by atoms with Gasteiger partial charge in [0.2, 0.25) is 0 Å². The smallest absolute Gasteiger partial charge is 0.172 e. The first-order valence-corrected chi connectivity index (χ1v) is 7.88. The van der Waals surface area contributed by atoms with Gasteiger partial charge in [-0.25, -0.2) is 9.97 Å². The number of rotatable bonds is 2. The number of aromatic nitrogens is 2. The van der Waals surface area contributed by atoms with Crippen LogP contribution in [0.2, 0.25) is 0 Å². The third kappa shape index (κ3) is 2.65. The van der Waals surface area contributed by atoms with E-state index in [2.05, 4.69) is 39.0 Å². The van der Waals surface area contributed by atoms with Crippen LogP contribution < -0.4 is 15.5 Å². The molecule has 1 aliphatic heterocycles. The standard InChI is InChI=1S/C18H19N5/c19-17-18(21-16-9-5-4-8-15(16)20-17)23-12-10-22(11-13-23)14-6-2-1-3-7-14/h1-9H,10-13H2,(H2,19,20). The molecule has 1 saturated heterocycles. The highest BCUT2D eigenvalue weighted by Gasteiger charge is 2.20. The molecule has 4 rings (SSSR count). The van der Waals surface area contributed by atoms with E-state index < -0.39 is 0 Å². The van der Waals surface area contributed by atoms with E-state index in [0.29, 0.717) is 5.82 Å². The van der Waals surface area contributed by atoms with E-state index in [1.54, 1.807) is 0 Å². The molecule has 1 aromatic heterocycles. The van der Waals surface area contributed by atoms with Crippen LogP contribution in [0.15, 0.2) is 54.6 Å². The van der Waals surface area contributed by atoms with Crippen molar-refractivity contribution in [2.75, 3.05) is 41.7 Å². The fraction of sp³-hybridized carbons (Fsp3) is 0.222. The number of para-hydroxylation sites is 3. The zero-order valence-electron chi connectivity index (χ0n) is 12.9. The molecular formula is C18H19N5. The molecule has 1 aliphatic rings. The zero-order valence-corrected chi connectivity index (χ0v) is 12.9. The Morgan fingerprint density at radius 3 is 1.96 bits per heavy atom. The van der Waals surface area contributed by atoms with Crippen molar-refractivity contribution in [3.8, 4) is 0 Å². The molecule has 0 amide bonds. The predicted octanol–water partition coefficient (Wildman–Crippen LogP) is 2.54. The summed E-state index contributed by atoms with van der Waals surface area (Å²) < 4.78 is 0. The molecule has 0 radical (unpaired) electrons. The lowest BCUT2D eigenvalue weighted by atomic mass is 10.2. The number of nitrogen functional groups attached to an aromatic ring is 1. The molecule has 23 heavy (non-hydrogen) atoms. The van der Waals surface area contributed by atoms with Crippen LogP contribution in [-0.4, -0.2) is 36.1 Å². The second-order valence-electron chi connectivity index (χ2n) is 5.73. The monoisotopic (exact) mass is 305 g/mol. The summed E-state index contributed by atoms with van der Waals surface area (Å²) >= 11 is 0. The summed E-state index contributed by atoms with van der Waals surface area (Å²) in [6, 6.07) is 18.4. The van der Waals surface area contributed by atoms with E-state index in [0.717, 1.165) is 43.0 Å². The fourth-order valence-electron chi connectivity index (χ4n) is 3.05. The number of nitrogens with zero attached hydrogens (tertiary/aromatic N) is 4. The molecule has 3 aromatic rings. The van der Waals surface area contributed by atoms with Gasteiger partial charge in [0.05, 0.1) is 11.0 Å². The van der Waals surface area contributed by atoms with Crippen molar-refractivity contribution in [2.45, 2.75) is 0 Å². The minimum atomic E-state index is 0.511. The van der Waals surface area contributed by atoms with Gasteiger partial charge in [-0.2, -0.15) is 0 Å². The van der Waals surface area contributed by atoms with Crippen molar-refractivity contribution in [1.29, 1.82) is 0 Å². The Balaban J connectivity index is 1.55. The highest BCUT2D eigenvalue weighted by molar-refractivity contribution is 5.79. The maximum Gasteiger partial charge on any atom is 0.172 e. The quantitative estimate of drug-likeness (QED) is 0.788. The lowest BCUT2D eigenvalue weighted by molar-refractivity contribution is 0.648. The average Bonchev–Trinajstić information content (AvgIpc) is 2.62. The molecule has 2 heterocycles. The predicted molar refractivity (Wildman–Crippen MR) is 94.8 cm³/mol. The minimum Gasteiger partial charge on any atom is -0.381 e. The summed E-state index contributed by atoms with van der Waals surface area (Å²) in [7, 11) is 0.